The van der Waals surface area contributed by atoms with Gasteiger partial charge >= 0.3 is 0 Å². The van der Waals surface area contributed by atoms with Crippen LogP contribution in [0.2, 0.25) is 0 Å². The molecule has 0 amide bonds. The first kappa shape index (κ1) is 14.2. The summed E-state index contributed by atoms with van der Waals surface area (Å²) in [4.78, 5) is -2.42. The van der Waals surface area contributed by atoms with Crippen LogP contribution >= 0.6 is 46.4 Å². The molecule has 2 aliphatic rings. The smallest absolute Gasteiger partial charge is 0.217 e. The topological polar surface area (TPSA) is 38.7 Å². The number of fused-ring (bicyclic) bond motifs is 2. The molecule has 0 radical (unpaired) electrons. The number of aliphatic hydroxyl groups is 1. The van der Waals surface area contributed by atoms with Crippen molar-refractivity contribution in [2.45, 2.75) is 22.0 Å². The first-order valence-corrected chi connectivity index (χ1v) is 6.52. The van der Waals surface area contributed by atoms with E-state index in [4.69, 9.17) is 55.9 Å². The third-order valence-electron chi connectivity index (χ3n) is 3.75. The van der Waals surface area contributed by atoms with E-state index >= 15 is 0 Å². The van der Waals surface area contributed by atoms with Gasteiger partial charge in [-0.05, 0) is 6.42 Å². The minimum atomic E-state index is -1.37. The number of rotatable bonds is 3. The number of methoxy groups -OCH3 is 2. The molecule has 0 aromatic carbocycles. The molecule has 2 bridgehead atoms. The Morgan fingerprint density at radius 3 is 2.12 bits per heavy atom. The van der Waals surface area contributed by atoms with E-state index in [2.05, 4.69) is 0 Å². The summed E-state index contributed by atoms with van der Waals surface area (Å²) in [5.74, 6) is -1.75. The molecule has 0 heterocycles. The van der Waals surface area contributed by atoms with Crippen molar-refractivity contribution >= 4 is 46.4 Å². The van der Waals surface area contributed by atoms with Gasteiger partial charge in [-0.2, -0.15) is 0 Å². The second-order valence-corrected chi connectivity index (χ2v) is 6.25. The van der Waals surface area contributed by atoms with Crippen LogP contribution in [0.4, 0.5) is 0 Å². The summed E-state index contributed by atoms with van der Waals surface area (Å²) < 4.78 is 10.8. The first-order chi connectivity index (χ1) is 7.85. The molecule has 3 nitrogen and oxygen atoms in total. The van der Waals surface area contributed by atoms with Crippen molar-refractivity contribution in [1.29, 1.82) is 0 Å². The average Bonchev–Trinajstić information content (AvgIpc) is 2.60. The maximum Gasteiger partial charge on any atom is 0.217 e. The van der Waals surface area contributed by atoms with E-state index in [1.165, 1.54) is 14.2 Å². The molecule has 17 heavy (non-hydrogen) atoms. The van der Waals surface area contributed by atoms with Crippen LogP contribution < -0.4 is 0 Å². The van der Waals surface area contributed by atoms with E-state index in [-0.39, 0.29) is 22.6 Å². The van der Waals surface area contributed by atoms with Crippen molar-refractivity contribution in [1.82, 2.24) is 0 Å². The number of aliphatic hydroxyl groups excluding tert-OH is 1. The van der Waals surface area contributed by atoms with E-state index in [9.17, 15) is 5.11 Å². The third kappa shape index (κ3) is 1.27. The van der Waals surface area contributed by atoms with Gasteiger partial charge in [-0.25, -0.2) is 0 Å². The molecule has 2 rings (SSSR count). The molecule has 0 saturated heterocycles. The zero-order valence-corrected chi connectivity index (χ0v) is 12.3. The number of hydrogen-bond donors (Lipinski definition) is 1. The van der Waals surface area contributed by atoms with Gasteiger partial charge in [0.1, 0.15) is 9.75 Å². The largest absolute Gasteiger partial charge is 0.396 e. The molecule has 3 atom stereocenters. The Morgan fingerprint density at radius 1 is 1.24 bits per heavy atom. The molecule has 0 aliphatic heterocycles. The Balaban J connectivity index is 2.68. The summed E-state index contributed by atoms with van der Waals surface area (Å²) in [5.41, 5.74) is 0. The van der Waals surface area contributed by atoms with Gasteiger partial charge in [-0.3, -0.25) is 0 Å². The standard InChI is InChI=1S/C10H12Cl4O3/c1-16-10(17-2)8(13)3-5(4-15)9(10,14)7(12)6(8)11/h5,15H,3-4H2,1-2H3/t5-,8-,9+/m1/s1. The zero-order chi connectivity index (χ0) is 13.1. The summed E-state index contributed by atoms with van der Waals surface area (Å²) in [7, 11) is 2.86. The zero-order valence-electron chi connectivity index (χ0n) is 9.27. The van der Waals surface area contributed by atoms with Gasteiger partial charge in [0.25, 0.3) is 0 Å². The van der Waals surface area contributed by atoms with Crippen molar-refractivity contribution in [3.05, 3.63) is 10.1 Å². The molecule has 1 N–H and O–H groups in total. The highest BCUT2D eigenvalue weighted by Gasteiger charge is 2.80. The Hall–Kier alpha value is 0.780. The summed E-state index contributed by atoms with van der Waals surface area (Å²) in [6.45, 7) is -0.174. The fraction of sp³-hybridized carbons (Fsp3) is 0.800. The summed E-state index contributed by atoms with van der Waals surface area (Å²) >= 11 is 25.4. The third-order valence-corrected chi connectivity index (χ3v) is 6.37. The van der Waals surface area contributed by atoms with Crippen LogP contribution in [0, 0.1) is 5.92 Å². The Labute approximate surface area is 120 Å². The number of alkyl halides is 2. The second kappa shape index (κ2) is 4.14. The SMILES string of the molecule is COC1(OC)[C@@]2(Cl)C[C@H](CO)[C@]1(Cl)C(Cl)=C2Cl. The van der Waals surface area contributed by atoms with Crippen molar-refractivity contribution in [2.75, 3.05) is 20.8 Å². The van der Waals surface area contributed by atoms with Gasteiger partial charge in [-0.15, -0.1) is 23.2 Å². The predicted molar refractivity (Wildman–Crippen MR) is 67.8 cm³/mol. The second-order valence-electron chi connectivity index (χ2n) is 4.25. The number of ether oxygens (including phenoxy) is 2. The minimum absolute atomic E-state index is 0.174. The van der Waals surface area contributed by atoms with Gasteiger partial charge in [0, 0.05) is 26.7 Å². The van der Waals surface area contributed by atoms with Crippen LogP contribution in [-0.2, 0) is 9.47 Å². The summed E-state index contributed by atoms with van der Waals surface area (Å²) in [5, 5.41) is 9.83. The molecule has 7 heteroatoms. The molecule has 0 aromatic heterocycles. The molecule has 0 unspecified atom stereocenters. The van der Waals surface area contributed by atoms with Crippen molar-refractivity contribution in [3.63, 3.8) is 0 Å². The van der Waals surface area contributed by atoms with Crippen LogP contribution in [0.15, 0.2) is 10.1 Å². The lowest BCUT2D eigenvalue weighted by molar-refractivity contribution is -0.219. The molecule has 1 saturated carbocycles. The summed E-state index contributed by atoms with van der Waals surface area (Å²) in [6, 6.07) is 0. The highest BCUT2D eigenvalue weighted by molar-refractivity contribution is 6.51. The molecule has 0 aromatic rings. The number of halogens is 4. The quantitative estimate of drug-likeness (QED) is 0.641. The Morgan fingerprint density at radius 2 is 1.76 bits per heavy atom. The van der Waals surface area contributed by atoms with Crippen LogP contribution in [0.3, 0.4) is 0 Å². The van der Waals surface area contributed by atoms with E-state index in [0.29, 0.717) is 6.42 Å². The van der Waals surface area contributed by atoms with Gasteiger partial charge in [-0.1, -0.05) is 23.2 Å². The maximum atomic E-state index is 9.42. The first-order valence-electron chi connectivity index (χ1n) is 5.01. The van der Waals surface area contributed by atoms with Gasteiger partial charge in [0.2, 0.25) is 5.79 Å². The average molecular weight is 322 g/mol. The van der Waals surface area contributed by atoms with E-state index in [1.807, 2.05) is 0 Å². The van der Waals surface area contributed by atoms with Gasteiger partial charge in [0.05, 0.1) is 10.1 Å². The normalized spacial score (nSPS) is 43.6. The number of hydrogen-bond acceptors (Lipinski definition) is 3. The Bertz CT molecular complexity index is 382. The maximum absolute atomic E-state index is 9.42. The predicted octanol–water partition coefficient (Wildman–Crippen LogP) is 2.65. The fourth-order valence-corrected chi connectivity index (χ4v) is 5.03. The summed E-state index contributed by atoms with van der Waals surface area (Å²) in [6.07, 6.45) is 0.339. The molecule has 1 fully saturated rings. The molecular weight excluding hydrogens is 310 g/mol. The lowest BCUT2D eigenvalue weighted by Crippen LogP contribution is -2.57. The molecular formula is C10H12Cl4O3. The molecule has 0 spiro atoms. The fourth-order valence-electron chi connectivity index (χ4n) is 2.96. The van der Waals surface area contributed by atoms with Crippen LogP contribution in [0.5, 0.6) is 0 Å². The van der Waals surface area contributed by atoms with Crippen LogP contribution in [0.25, 0.3) is 0 Å². The highest BCUT2D eigenvalue weighted by atomic mass is 35.5. The van der Waals surface area contributed by atoms with Gasteiger partial charge in [0.15, 0.2) is 0 Å². The monoisotopic (exact) mass is 320 g/mol. The Kier molecular flexibility index (Phi) is 3.45. The minimum Gasteiger partial charge on any atom is -0.396 e. The molecule has 98 valence electrons. The van der Waals surface area contributed by atoms with E-state index < -0.39 is 15.5 Å². The highest BCUT2D eigenvalue weighted by Crippen LogP contribution is 2.71. The van der Waals surface area contributed by atoms with Crippen molar-refractivity contribution < 1.29 is 14.6 Å². The van der Waals surface area contributed by atoms with E-state index in [0.717, 1.165) is 0 Å². The van der Waals surface area contributed by atoms with Crippen molar-refractivity contribution in [2.24, 2.45) is 5.92 Å². The van der Waals surface area contributed by atoms with E-state index in [1.54, 1.807) is 0 Å². The lowest BCUT2D eigenvalue weighted by Gasteiger charge is -2.41. The van der Waals surface area contributed by atoms with Gasteiger partial charge < -0.3 is 14.6 Å². The van der Waals surface area contributed by atoms with Crippen LogP contribution in [-0.4, -0.2) is 41.5 Å². The van der Waals surface area contributed by atoms with Crippen LogP contribution in [0.1, 0.15) is 6.42 Å². The molecule has 2 aliphatic carbocycles. The van der Waals surface area contributed by atoms with Crippen molar-refractivity contribution in [3.8, 4) is 0 Å². The lowest BCUT2D eigenvalue weighted by atomic mass is 9.92.